The summed E-state index contributed by atoms with van der Waals surface area (Å²) in [5.41, 5.74) is 0.427. The summed E-state index contributed by atoms with van der Waals surface area (Å²) in [4.78, 5) is 47.8. The van der Waals surface area contributed by atoms with Gasteiger partial charge >= 0.3 is 11.9 Å². The molecule has 3 rings (SSSR count). The topological polar surface area (TPSA) is 111 Å². The highest BCUT2D eigenvalue weighted by atomic mass is 16.5. The molecule has 30 heavy (non-hydrogen) atoms. The van der Waals surface area contributed by atoms with Gasteiger partial charge in [-0.2, -0.15) is 0 Å². The van der Waals surface area contributed by atoms with Gasteiger partial charge in [0.2, 0.25) is 0 Å². The van der Waals surface area contributed by atoms with E-state index in [1.54, 1.807) is 0 Å². The van der Waals surface area contributed by atoms with E-state index in [9.17, 15) is 19.2 Å². The molecule has 2 atom stereocenters. The Morgan fingerprint density at radius 2 is 1.10 bits per heavy atom. The van der Waals surface area contributed by atoms with Crippen molar-refractivity contribution in [3.8, 4) is 0 Å². The summed E-state index contributed by atoms with van der Waals surface area (Å²) >= 11 is 0. The molecule has 1 aromatic rings. The van der Waals surface area contributed by atoms with Crippen molar-refractivity contribution in [3.63, 3.8) is 0 Å². The third kappa shape index (κ3) is 6.57. The molecule has 0 aromatic heterocycles. The second kappa shape index (κ2) is 9.73. The number of rotatable bonds is 10. The van der Waals surface area contributed by atoms with E-state index in [-0.39, 0.29) is 48.2 Å². The zero-order chi connectivity index (χ0) is 21.7. The largest absolute Gasteiger partial charge is 0.452 e. The Kier molecular flexibility index (Phi) is 7.07. The molecule has 2 aliphatic rings. The quantitative estimate of drug-likeness (QED) is 0.563. The lowest BCUT2D eigenvalue weighted by Crippen LogP contribution is -2.37. The predicted molar refractivity (Wildman–Crippen MR) is 108 cm³/mol. The first kappa shape index (κ1) is 21.8. The van der Waals surface area contributed by atoms with Crippen LogP contribution in [0.2, 0.25) is 0 Å². The van der Waals surface area contributed by atoms with E-state index in [2.05, 4.69) is 10.6 Å². The van der Waals surface area contributed by atoms with E-state index in [0.29, 0.717) is 11.8 Å². The van der Waals surface area contributed by atoms with E-state index in [0.717, 1.165) is 25.7 Å². The number of amides is 2. The number of ether oxygens (including phenoxy) is 2. The van der Waals surface area contributed by atoms with Gasteiger partial charge in [-0.1, -0.05) is 0 Å². The van der Waals surface area contributed by atoms with E-state index < -0.39 is 11.9 Å². The molecule has 2 saturated carbocycles. The van der Waals surface area contributed by atoms with Crippen molar-refractivity contribution in [1.29, 1.82) is 0 Å². The Bertz CT molecular complexity index is 731. The van der Waals surface area contributed by atoms with Crippen molar-refractivity contribution in [3.05, 3.63) is 35.4 Å². The van der Waals surface area contributed by atoms with Crippen LogP contribution in [0.25, 0.3) is 0 Å². The second-order valence-electron chi connectivity index (χ2n) is 8.12. The summed E-state index contributed by atoms with van der Waals surface area (Å²) in [5.74, 6) is -0.945. The summed E-state index contributed by atoms with van der Waals surface area (Å²) in [6.45, 7) is 3.17. The van der Waals surface area contributed by atoms with Gasteiger partial charge < -0.3 is 20.1 Å². The van der Waals surface area contributed by atoms with Crippen molar-refractivity contribution < 1.29 is 28.7 Å². The van der Waals surface area contributed by atoms with Gasteiger partial charge in [0.1, 0.15) is 0 Å². The predicted octanol–water partition coefficient (Wildman–Crippen LogP) is 1.83. The van der Waals surface area contributed by atoms with Gasteiger partial charge in [0.05, 0.1) is 11.1 Å². The molecule has 162 valence electrons. The van der Waals surface area contributed by atoms with Crippen LogP contribution in [-0.4, -0.2) is 49.1 Å². The number of hydrogen-bond acceptors (Lipinski definition) is 6. The maximum Gasteiger partial charge on any atom is 0.338 e. The summed E-state index contributed by atoms with van der Waals surface area (Å²) in [7, 11) is 0. The first-order valence-electron chi connectivity index (χ1n) is 10.4. The lowest BCUT2D eigenvalue weighted by molar-refractivity contribution is -0.125. The fourth-order valence-corrected chi connectivity index (χ4v) is 3.19. The van der Waals surface area contributed by atoms with Gasteiger partial charge in [-0.05, 0) is 75.6 Å². The molecule has 1 aromatic carbocycles. The Labute approximate surface area is 175 Å². The fourth-order valence-electron chi connectivity index (χ4n) is 3.19. The average molecular weight is 416 g/mol. The monoisotopic (exact) mass is 416 g/mol. The molecule has 0 radical (unpaired) electrons. The fraction of sp³-hybridized carbons (Fsp3) is 0.545. The molecule has 0 heterocycles. The molecule has 0 bridgehead atoms. The molecule has 2 amide bonds. The highest BCUT2D eigenvalue weighted by Gasteiger charge is 2.29. The van der Waals surface area contributed by atoms with Crippen LogP contribution in [0.15, 0.2) is 24.3 Å². The number of carbonyl (C=O) groups is 4. The SMILES string of the molecule is CC(NC(=O)COC(=O)c1ccc(C(=O)OCC(=O)NC(C)C2CC2)cc1)C1CC1. The number of carbonyl (C=O) groups excluding carboxylic acids is 4. The lowest BCUT2D eigenvalue weighted by atomic mass is 10.1. The van der Waals surface area contributed by atoms with Gasteiger partial charge in [0, 0.05) is 12.1 Å². The molecular weight excluding hydrogens is 388 g/mol. The van der Waals surface area contributed by atoms with Gasteiger partial charge in [0.25, 0.3) is 11.8 Å². The van der Waals surface area contributed by atoms with Gasteiger partial charge in [-0.25, -0.2) is 9.59 Å². The third-order valence-electron chi connectivity index (χ3n) is 5.46. The van der Waals surface area contributed by atoms with E-state index in [4.69, 9.17) is 9.47 Å². The Morgan fingerprint density at radius 1 is 0.767 bits per heavy atom. The highest BCUT2D eigenvalue weighted by Crippen LogP contribution is 2.32. The smallest absolute Gasteiger partial charge is 0.338 e. The molecular formula is C22H28N2O6. The van der Waals surface area contributed by atoms with E-state index in [1.807, 2.05) is 13.8 Å². The molecule has 8 heteroatoms. The van der Waals surface area contributed by atoms with Gasteiger partial charge in [-0.3, -0.25) is 9.59 Å². The van der Waals surface area contributed by atoms with E-state index in [1.165, 1.54) is 24.3 Å². The summed E-state index contributed by atoms with van der Waals surface area (Å²) in [6.07, 6.45) is 4.45. The van der Waals surface area contributed by atoms with Crippen molar-refractivity contribution in [2.24, 2.45) is 11.8 Å². The first-order chi connectivity index (χ1) is 14.3. The van der Waals surface area contributed by atoms with Crippen molar-refractivity contribution >= 4 is 23.8 Å². The molecule has 2 aliphatic carbocycles. The summed E-state index contributed by atoms with van der Waals surface area (Å²) in [5, 5.41) is 5.61. The van der Waals surface area contributed by atoms with Crippen LogP contribution in [0.5, 0.6) is 0 Å². The average Bonchev–Trinajstić information content (AvgIpc) is 3.62. The molecule has 0 spiro atoms. The minimum absolute atomic E-state index is 0.0838. The molecule has 0 aliphatic heterocycles. The zero-order valence-electron chi connectivity index (χ0n) is 17.3. The van der Waals surface area contributed by atoms with E-state index >= 15 is 0 Å². The zero-order valence-corrected chi connectivity index (χ0v) is 17.3. The molecule has 2 fully saturated rings. The standard InChI is InChI=1S/C22H28N2O6/c1-13(15-3-4-15)23-19(25)11-29-21(27)17-7-9-18(10-8-17)22(28)30-12-20(26)24-14(2)16-5-6-16/h7-10,13-16H,3-6,11-12H2,1-2H3,(H,23,25)(H,24,26). The van der Waals surface area contributed by atoms with Crippen molar-refractivity contribution in [2.45, 2.75) is 51.6 Å². The summed E-state index contributed by atoms with van der Waals surface area (Å²) < 4.78 is 10.0. The number of hydrogen-bond donors (Lipinski definition) is 2. The third-order valence-corrected chi connectivity index (χ3v) is 5.46. The Morgan fingerprint density at radius 3 is 1.40 bits per heavy atom. The molecule has 8 nitrogen and oxygen atoms in total. The van der Waals surface area contributed by atoms with Crippen LogP contribution in [-0.2, 0) is 19.1 Å². The minimum atomic E-state index is -0.655. The van der Waals surface area contributed by atoms with Crippen LogP contribution in [0, 0.1) is 11.8 Å². The van der Waals surface area contributed by atoms with Crippen LogP contribution in [0.4, 0.5) is 0 Å². The molecule has 0 saturated heterocycles. The van der Waals surface area contributed by atoms with Gasteiger partial charge in [0.15, 0.2) is 13.2 Å². The lowest BCUT2D eigenvalue weighted by Gasteiger charge is -2.13. The number of esters is 2. The van der Waals surface area contributed by atoms with Gasteiger partial charge in [-0.15, -0.1) is 0 Å². The van der Waals surface area contributed by atoms with Crippen LogP contribution in [0.3, 0.4) is 0 Å². The number of benzene rings is 1. The summed E-state index contributed by atoms with van der Waals surface area (Å²) in [6, 6.07) is 5.83. The highest BCUT2D eigenvalue weighted by molar-refractivity contribution is 5.95. The van der Waals surface area contributed by atoms with Crippen LogP contribution < -0.4 is 10.6 Å². The van der Waals surface area contributed by atoms with Crippen molar-refractivity contribution in [2.75, 3.05) is 13.2 Å². The van der Waals surface area contributed by atoms with Crippen LogP contribution in [0.1, 0.15) is 60.2 Å². The normalized spacial score (nSPS) is 17.4. The maximum absolute atomic E-state index is 12.1. The molecule has 2 N–H and O–H groups in total. The Hall–Kier alpha value is -2.90. The number of nitrogens with one attached hydrogen (secondary N) is 2. The van der Waals surface area contributed by atoms with Crippen LogP contribution >= 0.6 is 0 Å². The molecule has 2 unspecified atom stereocenters. The maximum atomic E-state index is 12.1. The first-order valence-corrected chi connectivity index (χ1v) is 10.4. The minimum Gasteiger partial charge on any atom is -0.452 e. The Balaban J connectivity index is 1.39. The van der Waals surface area contributed by atoms with Crippen molar-refractivity contribution in [1.82, 2.24) is 10.6 Å². The second-order valence-corrected chi connectivity index (χ2v) is 8.12.